The lowest BCUT2D eigenvalue weighted by molar-refractivity contribution is -0.139. The molecule has 21 nitrogen and oxygen atoms in total. The van der Waals surface area contributed by atoms with E-state index < -0.39 is 47.6 Å². The summed E-state index contributed by atoms with van der Waals surface area (Å²) in [5, 5.41) is 29.0. The number of allylic oxidation sites excluding steroid dienone is 1. The minimum absolute atomic E-state index is 0. The monoisotopic (exact) mass is 1280 g/mol. The first kappa shape index (κ1) is 63.0. The van der Waals surface area contributed by atoms with E-state index in [1.54, 1.807) is 58.5 Å². The second-order valence-electron chi connectivity index (χ2n) is 19.0. The number of carboxylic acid groups (broad SMARTS) is 2. The largest absolute Gasteiger partial charge is 0.481 e. The van der Waals surface area contributed by atoms with Crippen molar-refractivity contribution in [2.75, 3.05) is 77.4 Å². The Balaban J connectivity index is 0.000000197. The third-order valence-electron chi connectivity index (χ3n) is 13.9. The highest BCUT2D eigenvalue weighted by Gasteiger charge is 2.43. The van der Waals surface area contributed by atoms with Gasteiger partial charge in [0.25, 0.3) is 0 Å². The van der Waals surface area contributed by atoms with Crippen molar-refractivity contribution in [3.63, 3.8) is 0 Å². The quantitative estimate of drug-likeness (QED) is 0.0572. The van der Waals surface area contributed by atoms with Gasteiger partial charge in [-0.2, -0.15) is 0 Å². The molecule has 4 N–H and O–H groups in total. The smallest absolute Gasteiger partial charge is 0.338 e. The van der Waals surface area contributed by atoms with E-state index in [2.05, 4.69) is 46.4 Å². The van der Waals surface area contributed by atoms with Gasteiger partial charge in [0, 0.05) is 110 Å². The van der Waals surface area contributed by atoms with E-state index in [4.69, 9.17) is 47.9 Å². The van der Waals surface area contributed by atoms with Crippen LogP contribution < -0.4 is 10.6 Å². The van der Waals surface area contributed by atoms with Crippen molar-refractivity contribution >= 4 is 109 Å². The molecule has 0 aliphatic carbocycles. The molecular weight excluding hydrogens is 1220 g/mol. The summed E-state index contributed by atoms with van der Waals surface area (Å²) in [4.78, 5) is 98.9. The van der Waals surface area contributed by atoms with Crippen LogP contribution in [-0.2, 0) is 28.7 Å². The number of fused-ring (bicyclic) bond motifs is 2. The third kappa shape index (κ3) is 14.8. The maximum Gasteiger partial charge on any atom is 0.338 e. The first-order valence-corrected chi connectivity index (χ1v) is 29.7. The molecule has 0 saturated carbocycles. The minimum atomic E-state index is -0.952. The van der Waals surface area contributed by atoms with Crippen LogP contribution in [0.25, 0.3) is 0 Å². The average molecular weight is 1280 g/mol. The first-order valence-electron chi connectivity index (χ1n) is 26.0. The Bertz CT molecular complexity index is 3120. The maximum atomic E-state index is 14.5. The van der Waals surface area contributed by atoms with Crippen LogP contribution in [0.3, 0.4) is 0 Å². The highest BCUT2D eigenvalue weighted by atomic mass is 79.9. The van der Waals surface area contributed by atoms with Crippen LogP contribution in [0.5, 0.6) is 0 Å². The number of aliphatic carboxylic acids is 2. The van der Waals surface area contributed by atoms with Crippen LogP contribution in [-0.4, -0.2) is 182 Å². The maximum absolute atomic E-state index is 14.5. The summed E-state index contributed by atoms with van der Waals surface area (Å²) in [6.07, 6.45) is 6.56. The molecular formula is C54H62BrCl2F2N11O10S2. The summed E-state index contributed by atoms with van der Waals surface area (Å²) in [5.74, 6) is -3.18. The normalized spacial score (nSPS) is 20.4. The van der Waals surface area contributed by atoms with E-state index >= 15 is 0 Å². The molecule has 2 aromatic carbocycles. The molecule has 4 aromatic rings. The topological polar surface area (TPSA) is 252 Å². The number of nitrogens with zero attached hydrogens (tertiary/aromatic N) is 9. The van der Waals surface area contributed by atoms with E-state index in [1.807, 2.05) is 10.3 Å². The van der Waals surface area contributed by atoms with Gasteiger partial charge in [0.05, 0.1) is 59.3 Å². The van der Waals surface area contributed by atoms with Crippen molar-refractivity contribution in [1.82, 2.24) is 45.1 Å². The van der Waals surface area contributed by atoms with Gasteiger partial charge in [-0.15, -0.1) is 22.7 Å². The van der Waals surface area contributed by atoms with Gasteiger partial charge in [0.15, 0.2) is 21.7 Å². The van der Waals surface area contributed by atoms with Gasteiger partial charge >= 0.3 is 35.9 Å². The van der Waals surface area contributed by atoms with Gasteiger partial charge in [-0.25, -0.2) is 37.9 Å². The van der Waals surface area contributed by atoms with Gasteiger partial charge in [0.2, 0.25) is 0 Å². The molecule has 8 heterocycles. The molecule has 0 unspecified atom stereocenters. The average Bonchev–Trinajstić information content (AvgIpc) is 4.05. The summed E-state index contributed by atoms with van der Waals surface area (Å²) >= 11 is 18.7. The van der Waals surface area contributed by atoms with Crippen molar-refractivity contribution in [1.29, 1.82) is 0 Å². The number of hydrogen-bond acceptors (Lipinski definition) is 17. The van der Waals surface area contributed by atoms with Crippen molar-refractivity contribution in [2.45, 2.75) is 77.5 Å². The summed E-state index contributed by atoms with van der Waals surface area (Å²) in [7, 11) is 0. The number of halogens is 5. The lowest BCUT2D eigenvalue weighted by Crippen LogP contribution is -2.53. The summed E-state index contributed by atoms with van der Waals surface area (Å²) in [6.45, 7) is 8.07. The van der Waals surface area contributed by atoms with Gasteiger partial charge in [-0.1, -0.05) is 70.8 Å². The third-order valence-corrected chi connectivity index (χ3v) is 16.8. The molecule has 440 valence electrons. The Kier molecular flexibility index (Phi) is 22.4. The Morgan fingerprint density at radius 2 is 1.20 bits per heavy atom. The number of urea groups is 2. The van der Waals surface area contributed by atoms with Crippen LogP contribution in [0.15, 0.2) is 92.1 Å². The van der Waals surface area contributed by atoms with E-state index in [0.29, 0.717) is 101 Å². The van der Waals surface area contributed by atoms with Gasteiger partial charge in [-0.05, 0) is 45.2 Å². The fourth-order valence-corrected chi connectivity index (χ4v) is 12.2. The van der Waals surface area contributed by atoms with Crippen LogP contribution in [0, 0.1) is 11.6 Å². The molecule has 2 aromatic heterocycles. The molecule has 4 atom stereocenters. The molecule has 28 heteroatoms. The number of carbonyl (C=O) groups is 6. The number of piperazine rings is 1. The van der Waals surface area contributed by atoms with Crippen molar-refractivity contribution in [3.8, 4) is 0 Å². The SMILES string of the molecule is C.CCOC(=O)C1=C(CBr)NC(c2nccs2)=N[C@H]1c1cccc(F)c1Cl.CCOC(=O)C1=C(CN2CCN3C(=O)N(CCC(=O)O)C[C@@H]3C2)NC(c2nccs2)=N[C@H]1c1cccc(F)c1Cl.O=C(O)CCN1C[C@@H]2CCCCN2C1=O. The zero-order valence-electron chi connectivity index (χ0n) is 44.0. The van der Waals surface area contributed by atoms with E-state index in [-0.39, 0.29) is 79.3 Å². The number of piperidine rings is 1. The second kappa shape index (κ2) is 29.1. The first-order chi connectivity index (χ1) is 39.0. The number of rotatable bonds is 17. The van der Waals surface area contributed by atoms with E-state index in [0.717, 1.165) is 19.4 Å². The number of benzene rings is 2. The summed E-state index contributed by atoms with van der Waals surface area (Å²) in [5.41, 5.74) is 2.35. The zero-order valence-corrected chi connectivity index (χ0v) is 48.7. The number of thiazole rings is 2. The van der Waals surface area contributed by atoms with Gasteiger partial charge < -0.3 is 49.9 Å². The van der Waals surface area contributed by atoms with Crippen LogP contribution in [0.1, 0.15) is 86.6 Å². The summed E-state index contributed by atoms with van der Waals surface area (Å²) in [6, 6.07) is 7.19. The number of amidine groups is 2. The van der Waals surface area contributed by atoms with Gasteiger partial charge in [0.1, 0.15) is 23.7 Å². The fourth-order valence-electron chi connectivity index (χ4n) is 10.1. The number of nitrogens with one attached hydrogen (secondary N) is 2. The Hall–Kier alpha value is -6.58. The van der Waals surface area contributed by atoms with Crippen molar-refractivity contribution in [2.24, 2.45) is 9.98 Å². The van der Waals surface area contributed by atoms with E-state index in [1.165, 1.54) is 53.4 Å². The number of aromatic nitrogens is 2. The molecule has 4 amide bonds. The van der Waals surface area contributed by atoms with Crippen molar-refractivity contribution < 1.29 is 57.2 Å². The highest BCUT2D eigenvalue weighted by molar-refractivity contribution is 9.09. The molecule has 0 bridgehead atoms. The molecule has 0 spiro atoms. The molecule has 82 heavy (non-hydrogen) atoms. The standard InChI is InChI=1S/C26H28ClFN6O5S.C17H14BrClFN3O2S.C10H16N2O3.CH4/c1-2-39-25(37)20-18(14-32-9-10-34-15(12-32)13-33(26(34)38)8-6-19(35)36)30-23(24-29-7-11-40-24)31-22(20)16-4-3-5-17(28)21(16)27;1-2-25-17(24)12-11(8-18)22-15(16-21-6-7-26-16)23-14(12)9-4-3-5-10(20)13(9)19;13-9(14)4-6-11-7-8-3-1-2-5-12(8)10(11)15;/h3-5,7,11,15,22H,2,6,8-10,12-14H2,1H3,(H,30,31)(H,35,36);3-7,14H,2,8H2,1H3,(H,22,23);8H,1-7H2,(H,13,14);1H4/t15-,22-;14-;8-;/m000./s1. The molecule has 6 aliphatic heterocycles. The number of amides is 4. The Labute approximate surface area is 498 Å². The number of carbonyl (C=O) groups excluding carboxylic acids is 4. The second-order valence-corrected chi connectivity index (χ2v) is 22.1. The van der Waals surface area contributed by atoms with Crippen LogP contribution in [0.4, 0.5) is 18.4 Å². The van der Waals surface area contributed by atoms with Gasteiger partial charge in [-0.3, -0.25) is 24.5 Å². The number of hydrogen-bond donors (Lipinski definition) is 4. The Morgan fingerprint density at radius 3 is 1.66 bits per heavy atom. The van der Waals surface area contributed by atoms with E-state index in [9.17, 15) is 37.5 Å². The van der Waals surface area contributed by atoms with Crippen LogP contribution >= 0.6 is 61.8 Å². The lowest BCUT2D eigenvalue weighted by atomic mass is 9.95. The number of carboxylic acids is 2. The molecule has 0 radical (unpaired) electrons. The number of ether oxygens (including phenoxy) is 2. The lowest BCUT2D eigenvalue weighted by Gasteiger charge is -2.38. The number of esters is 2. The predicted octanol–water partition coefficient (Wildman–Crippen LogP) is 8.37. The Morgan fingerprint density at radius 1 is 0.707 bits per heavy atom. The zero-order chi connectivity index (χ0) is 57.9. The molecule has 4 fully saturated rings. The highest BCUT2D eigenvalue weighted by Crippen LogP contribution is 2.40. The minimum Gasteiger partial charge on any atom is -0.481 e. The molecule has 6 aliphatic rings. The molecule has 4 saturated heterocycles. The number of alkyl halides is 1. The number of aliphatic imine (C=N–C) groups is 2. The predicted molar refractivity (Wildman–Crippen MR) is 309 cm³/mol. The fraction of sp³-hybridized carbons (Fsp3) is 0.444. The molecule has 10 rings (SSSR count). The van der Waals surface area contributed by atoms with Crippen LogP contribution in [0.2, 0.25) is 10.0 Å². The van der Waals surface area contributed by atoms with Crippen molar-refractivity contribution in [3.05, 3.63) is 125 Å². The summed E-state index contributed by atoms with van der Waals surface area (Å²) < 4.78 is 39.1.